The molecule has 32 heavy (non-hydrogen) atoms. The molecule has 1 aliphatic heterocycles. The summed E-state index contributed by atoms with van der Waals surface area (Å²) in [4.78, 5) is 21.7. The van der Waals surface area contributed by atoms with Gasteiger partial charge in [-0.3, -0.25) is 9.69 Å². The fourth-order valence-corrected chi connectivity index (χ4v) is 4.60. The summed E-state index contributed by atoms with van der Waals surface area (Å²) in [5, 5.41) is 3.12. The highest BCUT2D eigenvalue weighted by Gasteiger charge is 2.22. The first-order chi connectivity index (χ1) is 15.6. The van der Waals surface area contributed by atoms with Crippen molar-refractivity contribution in [1.82, 2.24) is 14.8 Å². The molecule has 1 fully saturated rings. The van der Waals surface area contributed by atoms with Crippen molar-refractivity contribution in [2.75, 3.05) is 40.4 Å². The predicted molar refractivity (Wildman–Crippen MR) is 127 cm³/mol. The molecule has 2 aromatic carbocycles. The molecule has 0 N–H and O–H groups in total. The Morgan fingerprint density at radius 1 is 1.03 bits per heavy atom. The van der Waals surface area contributed by atoms with Crippen LogP contribution in [0, 0.1) is 6.92 Å². The van der Waals surface area contributed by atoms with Crippen molar-refractivity contribution in [3.8, 4) is 22.8 Å². The van der Waals surface area contributed by atoms with Crippen LogP contribution >= 0.6 is 11.3 Å². The number of piperazine rings is 1. The molecular weight excluding hydrogens is 422 g/mol. The lowest BCUT2D eigenvalue weighted by Gasteiger charge is -2.35. The fourth-order valence-electron chi connectivity index (χ4n) is 3.98. The van der Waals surface area contributed by atoms with E-state index in [-0.39, 0.29) is 5.91 Å². The van der Waals surface area contributed by atoms with E-state index in [1.807, 2.05) is 42.2 Å². The Balaban J connectivity index is 1.30. The van der Waals surface area contributed by atoms with Crippen molar-refractivity contribution in [3.05, 3.63) is 64.0 Å². The monoisotopic (exact) mass is 451 g/mol. The topological polar surface area (TPSA) is 54.9 Å². The van der Waals surface area contributed by atoms with Crippen LogP contribution in [0.15, 0.2) is 47.8 Å². The van der Waals surface area contributed by atoms with Crippen LogP contribution in [0.2, 0.25) is 0 Å². The first-order valence-electron chi connectivity index (χ1n) is 10.8. The van der Waals surface area contributed by atoms with Crippen LogP contribution in [-0.2, 0) is 17.8 Å². The van der Waals surface area contributed by atoms with Crippen molar-refractivity contribution >= 4 is 17.2 Å². The zero-order valence-electron chi connectivity index (χ0n) is 18.8. The van der Waals surface area contributed by atoms with Gasteiger partial charge in [0, 0.05) is 49.2 Å². The molecule has 0 aliphatic carbocycles. The zero-order chi connectivity index (χ0) is 22.5. The molecular formula is C25H29N3O3S. The lowest BCUT2D eigenvalue weighted by atomic mass is 10.1. The molecule has 4 rings (SSSR count). The van der Waals surface area contributed by atoms with Crippen LogP contribution in [0.4, 0.5) is 0 Å². The molecule has 0 saturated carbocycles. The SMILES string of the molecule is COc1ccc(OC)c(CN2CCN(C(=O)Cc3ccc(-c4csc(C)n4)cc3)CC2)c1. The number of ether oxygens (including phenoxy) is 2. The third-order valence-corrected chi connectivity index (χ3v) is 6.60. The minimum atomic E-state index is 0.181. The molecule has 7 heteroatoms. The van der Waals surface area contributed by atoms with E-state index in [4.69, 9.17) is 9.47 Å². The number of hydrogen-bond acceptors (Lipinski definition) is 6. The van der Waals surface area contributed by atoms with Crippen molar-refractivity contribution in [2.24, 2.45) is 0 Å². The minimum absolute atomic E-state index is 0.181. The Morgan fingerprint density at radius 2 is 1.78 bits per heavy atom. The van der Waals surface area contributed by atoms with E-state index in [1.165, 1.54) is 0 Å². The third kappa shape index (κ3) is 5.29. The van der Waals surface area contributed by atoms with Gasteiger partial charge in [0.15, 0.2) is 0 Å². The Kier molecular flexibility index (Phi) is 7.07. The molecule has 2 heterocycles. The van der Waals surface area contributed by atoms with Gasteiger partial charge in [-0.05, 0) is 30.7 Å². The van der Waals surface area contributed by atoms with Gasteiger partial charge >= 0.3 is 0 Å². The quantitative estimate of drug-likeness (QED) is 0.543. The molecule has 3 aromatic rings. The van der Waals surface area contributed by atoms with Gasteiger partial charge in [-0.15, -0.1) is 11.3 Å². The maximum Gasteiger partial charge on any atom is 0.227 e. The number of nitrogens with zero attached hydrogens (tertiary/aromatic N) is 3. The molecule has 168 valence electrons. The number of carbonyl (C=O) groups excluding carboxylic acids is 1. The van der Waals surface area contributed by atoms with Crippen LogP contribution in [0.5, 0.6) is 11.5 Å². The number of methoxy groups -OCH3 is 2. The molecule has 0 bridgehead atoms. The second-order valence-electron chi connectivity index (χ2n) is 7.96. The summed E-state index contributed by atoms with van der Waals surface area (Å²) in [6, 6.07) is 14.0. The minimum Gasteiger partial charge on any atom is -0.497 e. The standard InChI is InChI=1S/C25H29N3O3S/c1-18-26-23(17-32-18)20-6-4-19(5-7-20)14-25(29)28-12-10-27(11-13-28)16-21-15-22(30-2)8-9-24(21)31-3/h4-9,15,17H,10-14,16H2,1-3H3. The summed E-state index contributed by atoms with van der Waals surface area (Å²) in [6.07, 6.45) is 0.431. The Labute approximate surface area is 193 Å². The first kappa shape index (κ1) is 22.3. The van der Waals surface area contributed by atoms with Gasteiger partial charge < -0.3 is 14.4 Å². The summed E-state index contributed by atoms with van der Waals surface area (Å²) >= 11 is 1.65. The molecule has 1 aromatic heterocycles. The van der Waals surface area contributed by atoms with E-state index in [0.717, 1.165) is 71.6 Å². The highest BCUT2D eigenvalue weighted by atomic mass is 32.1. The molecule has 0 unspecified atom stereocenters. The van der Waals surface area contributed by atoms with Crippen molar-refractivity contribution in [2.45, 2.75) is 19.9 Å². The number of hydrogen-bond donors (Lipinski definition) is 0. The number of carbonyl (C=O) groups is 1. The van der Waals surface area contributed by atoms with Gasteiger partial charge in [-0.25, -0.2) is 4.98 Å². The van der Waals surface area contributed by atoms with Crippen LogP contribution in [0.3, 0.4) is 0 Å². The smallest absolute Gasteiger partial charge is 0.227 e. The van der Waals surface area contributed by atoms with E-state index >= 15 is 0 Å². The largest absolute Gasteiger partial charge is 0.497 e. The second-order valence-corrected chi connectivity index (χ2v) is 9.02. The van der Waals surface area contributed by atoms with Gasteiger partial charge in [-0.1, -0.05) is 24.3 Å². The first-order valence-corrected chi connectivity index (χ1v) is 11.7. The summed E-state index contributed by atoms with van der Waals surface area (Å²) in [5.41, 5.74) is 4.22. The normalized spacial score (nSPS) is 14.4. The summed E-state index contributed by atoms with van der Waals surface area (Å²) in [5.74, 6) is 1.87. The third-order valence-electron chi connectivity index (χ3n) is 5.83. The van der Waals surface area contributed by atoms with E-state index in [0.29, 0.717) is 6.42 Å². The number of thiazole rings is 1. The van der Waals surface area contributed by atoms with E-state index in [9.17, 15) is 4.79 Å². The van der Waals surface area contributed by atoms with Crippen LogP contribution in [0.25, 0.3) is 11.3 Å². The van der Waals surface area contributed by atoms with Gasteiger partial charge in [0.1, 0.15) is 11.5 Å². The van der Waals surface area contributed by atoms with Gasteiger partial charge in [0.05, 0.1) is 31.3 Å². The van der Waals surface area contributed by atoms with Crippen LogP contribution < -0.4 is 9.47 Å². The number of rotatable bonds is 7. The van der Waals surface area contributed by atoms with Crippen molar-refractivity contribution in [1.29, 1.82) is 0 Å². The predicted octanol–water partition coefficient (Wildman–Crippen LogP) is 4.02. The van der Waals surface area contributed by atoms with E-state index in [1.54, 1.807) is 25.6 Å². The summed E-state index contributed by atoms with van der Waals surface area (Å²) < 4.78 is 10.9. The summed E-state index contributed by atoms with van der Waals surface area (Å²) in [6.45, 7) is 5.94. The van der Waals surface area contributed by atoms with Gasteiger partial charge in [-0.2, -0.15) is 0 Å². The maximum absolute atomic E-state index is 12.8. The molecule has 0 atom stereocenters. The summed E-state index contributed by atoms with van der Waals surface area (Å²) in [7, 11) is 3.36. The van der Waals surface area contributed by atoms with Crippen molar-refractivity contribution in [3.63, 3.8) is 0 Å². The van der Waals surface area contributed by atoms with Crippen LogP contribution in [-0.4, -0.2) is 61.1 Å². The highest BCUT2D eigenvalue weighted by Crippen LogP contribution is 2.26. The number of amides is 1. The van der Waals surface area contributed by atoms with E-state index in [2.05, 4.69) is 27.4 Å². The Morgan fingerprint density at radius 3 is 2.41 bits per heavy atom. The maximum atomic E-state index is 12.8. The highest BCUT2D eigenvalue weighted by molar-refractivity contribution is 7.09. The van der Waals surface area contributed by atoms with Gasteiger partial charge in [0.25, 0.3) is 0 Å². The molecule has 0 radical (unpaired) electrons. The average Bonchev–Trinajstić information content (AvgIpc) is 3.26. The number of aromatic nitrogens is 1. The zero-order valence-corrected chi connectivity index (χ0v) is 19.7. The lowest BCUT2D eigenvalue weighted by Crippen LogP contribution is -2.48. The Hall–Kier alpha value is -2.90. The fraction of sp³-hybridized carbons (Fsp3) is 0.360. The second kappa shape index (κ2) is 10.1. The van der Waals surface area contributed by atoms with E-state index < -0.39 is 0 Å². The molecule has 1 aliphatic rings. The van der Waals surface area contributed by atoms with Crippen molar-refractivity contribution < 1.29 is 14.3 Å². The number of benzene rings is 2. The number of aryl methyl sites for hydroxylation is 1. The van der Waals surface area contributed by atoms with Crippen LogP contribution in [0.1, 0.15) is 16.1 Å². The molecule has 1 amide bonds. The molecule has 1 saturated heterocycles. The molecule has 0 spiro atoms. The van der Waals surface area contributed by atoms with Gasteiger partial charge in [0.2, 0.25) is 5.91 Å². The lowest BCUT2D eigenvalue weighted by molar-refractivity contribution is -0.132. The molecule has 6 nitrogen and oxygen atoms in total. The Bertz CT molecular complexity index is 1060. The average molecular weight is 452 g/mol.